The van der Waals surface area contributed by atoms with Crippen LogP contribution in [0.4, 0.5) is 0 Å². The number of phenols is 1. The van der Waals surface area contributed by atoms with Crippen molar-refractivity contribution in [2.75, 3.05) is 0 Å². The zero-order chi connectivity index (χ0) is 9.30. The van der Waals surface area contributed by atoms with E-state index in [4.69, 9.17) is 23.2 Å². The number of aromatic hydroxyl groups is 1. The van der Waals surface area contributed by atoms with Gasteiger partial charge in [0, 0.05) is 6.07 Å². The van der Waals surface area contributed by atoms with Gasteiger partial charge in [0.2, 0.25) is 0 Å². The SMILES string of the molecule is CC(C)c1cc(O)cc(Cl)c1Cl. The number of rotatable bonds is 1. The van der Waals surface area contributed by atoms with Gasteiger partial charge in [-0.3, -0.25) is 0 Å². The summed E-state index contributed by atoms with van der Waals surface area (Å²) in [4.78, 5) is 0. The van der Waals surface area contributed by atoms with Crippen molar-refractivity contribution in [3.05, 3.63) is 27.7 Å². The van der Waals surface area contributed by atoms with Gasteiger partial charge in [-0.15, -0.1) is 0 Å². The minimum Gasteiger partial charge on any atom is -0.508 e. The van der Waals surface area contributed by atoms with Crippen molar-refractivity contribution in [2.45, 2.75) is 19.8 Å². The summed E-state index contributed by atoms with van der Waals surface area (Å²) in [6.07, 6.45) is 0. The summed E-state index contributed by atoms with van der Waals surface area (Å²) in [5, 5.41) is 10.2. The van der Waals surface area contributed by atoms with Gasteiger partial charge < -0.3 is 5.11 Å². The lowest BCUT2D eigenvalue weighted by atomic mass is 10.0. The molecule has 1 nitrogen and oxygen atoms in total. The fourth-order valence-electron chi connectivity index (χ4n) is 1.02. The first-order valence-electron chi connectivity index (χ1n) is 3.70. The molecule has 0 spiro atoms. The van der Waals surface area contributed by atoms with E-state index in [2.05, 4.69) is 0 Å². The first-order valence-corrected chi connectivity index (χ1v) is 4.46. The molecule has 3 heteroatoms. The molecule has 66 valence electrons. The quantitative estimate of drug-likeness (QED) is 0.738. The highest BCUT2D eigenvalue weighted by molar-refractivity contribution is 6.42. The molecule has 1 N–H and O–H groups in total. The molecular weight excluding hydrogens is 195 g/mol. The molecule has 0 heterocycles. The molecule has 1 aromatic carbocycles. The monoisotopic (exact) mass is 204 g/mol. The van der Waals surface area contributed by atoms with Gasteiger partial charge in [0.05, 0.1) is 10.0 Å². The molecule has 0 aliphatic carbocycles. The Kier molecular flexibility index (Phi) is 2.86. The van der Waals surface area contributed by atoms with Gasteiger partial charge in [0.1, 0.15) is 5.75 Å². The van der Waals surface area contributed by atoms with Gasteiger partial charge in [-0.1, -0.05) is 37.0 Å². The molecule has 0 aromatic heterocycles. The van der Waals surface area contributed by atoms with Crippen LogP contribution in [-0.2, 0) is 0 Å². The molecular formula is C9H10Cl2O. The minimum absolute atomic E-state index is 0.160. The topological polar surface area (TPSA) is 20.2 Å². The van der Waals surface area contributed by atoms with E-state index >= 15 is 0 Å². The van der Waals surface area contributed by atoms with Crippen molar-refractivity contribution in [2.24, 2.45) is 0 Å². The highest BCUT2D eigenvalue weighted by Gasteiger charge is 2.09. The molecule has 0 atom stereocenters. The zero-order valence-corrected chi connectivity index (χ0v) is 8.45. The van der Waals surface area contributed by atoms with Crippen LogP contribution in [0.2, 0.25) is 10.0 Å². The third kappa shape index (κ3) is 1.85. The fraction of sp³-hybridized carbons (Fsp3) is 0.333. The summed E-state index contributed by atoms with van der Waals surface area (Å²) in [7, 11) is 0. The van der Waals surface area contributed by atoms with E-state index < -0.39 is 0 Å². The lowest BCUT2D eigenvalue weighted by Crippen LogP contribution is -1.88. The Bertz CT molecular complexity index is 295. The average Bonchev–Trinajstić information content (AvgIpc) is 1.96. The van der Waals surface area contributed by atoms with Crippen LogP contribution in [0.25, 0.3) is 0 Å². The van der Waals surface area contributed by atoms with Gasteiger partial charge >= 0.3 is 0 Å². The fourth-order valence-corrected chi connectivity index (χ4v) is 1.56. The van der Waals surface area contributed by atoms with Crippen LogP contribution in [0.5, 0.6) is 5.75 Å². The van der Waals surface area contributed by atoms with E-state index in [9.17, 15) is 5.11 Å². The van der Waals surface area contributed by atoms with E-state index in [-0.39, 0.29) is 11.7 Å². The van der Waals surface area contributed by atoms with Crippen molar-refractivity contribution in [3.8, 4) is 5.75 Å². The molecule has 0 unspecified atom stereocenters. The van der Waals surface area contributed by atoms with E-state index in [1.807, 2.05) is 13.8 Å². The Labute approximate surface area is 81.9 Å². The second-order valence-corrected chi connectivity index (χ2v) is 3.77. The van der Waals surface area contributed by atoms with Crippen molar-refractivity contribution < 1.29 is 5.11 Å². The Morgan fingerprint density at radius 1 is 1.25 bits per heavy atom. The lowest BCUT2D eigenvalue weighted by molar-refractivity contribution is 0.474. The third-order valence-electron chi connectivity index (χ3n) is 1.66. The van der Waals surface area contributed by atoms with E-state index in [0.29, 0.717) is 10.0 Å². The summed E-state index contributed by atoms with van der Waals surface area (Å²) in [5.74, 6) is 0.426. The number of hydrogen-bond donors (Lipinski definition) is 1. The van der Waals surface area contributed by atoms with Crippen molar-refractivity contribution >= 4 is 23.2 Å². The zero-order valence-electron chi connectivity index (χ0n) is 6.94. The molecule has 1 rings (SSSR count). The first kappa shape index (κ1) is 9.69. The van der Waals surface area contributed by atoms with Crippen LogP contribution in [0.1, 0.15) is 25.3 Å². The van der Waals surface area contributed by atoms with Gasteiger partial charge in [0.15, 0.2) is 0 Å². The number of benzene rings is 1. The predicted molar refractivity (Wildman–Crippen MR) is 52.2 cm³/mol. The highest BCUT2D eigenvalue weighted by Crippen LogP contribution is 2.34. The van der Waals surface area contributed by atoms with Gasteiger partial charge in [-0.2, -0.15) is 0 Å². The number of hydrogen-bond acceptors (Lipinski definition) is 1. The summed E-state index contributed by atoms with van der Waals surface area (Å²) in [6, 6.07) is 3.08. The van der Waals surface area contributed by atoms with Crippen molar-refractivity contribution in [1.82, 2.24) is 0 Å². The first-order chi connectivity index (χ1) is 5.52. The normalized spacial score (nSPS) is 10.8. The Balaban J connectivity index is 3.28. The van der Waals surface area contributed by atoms with E-state index in [1.165, 1.54) is 6.07 Å². The number of halogens is 2. The summed E-state index contributed by atoms with van der Waals surface area (Å²) in [6.45, 7) is 3.99. The smallest absolute Gasteiger partial charge is 0.117 e. The van der Waals surface area contributed by atoms with Crippen molar-refractivity contribution in [1.29, 1.82) is 0 Å². The van der Waals surface area contributed by atoms with Crippen LogP contribution in [-0.4, -0.2) is 5.11 Å². The molecule has 1 aromatic rings. The molecule has 0 saturated carbocycles. The molecule has 0 aliphatic rings. The van der Waals surface area contributed by atoms with Crippen LogP contribution in [0.15, 0.2) is 12.1 Å². The Morgan fingerprint density at radius 3 is 2.33 bits per heavy atom. The summed E-state index contributed by atoms with van der Waals surface area (Å²) in [5.41, 5.74) is 0.877. The average molecular weight is 205 g/mol. The maximum absolute atomic E-state index is 9.22. The van der Waals surface area contributed by atoms with Crippen LogP contribution in [0.3, 0.4) is 0 Å². The summed E-state index contributed by atoms with van der Waals surface area (Å²) < 4.78 is 0. The minimum atomic E-state index is 0.160. The van der Waals surface area contributed by atoms with Crippen molar-refractivity contribution in [3.63, 3.8) is 0 Å². The second kappa shape index (κ2) is 3.55. The maximum Gasteiger partial charge on any atom is 0.117 e. The summed E-state index contributed by atoms with van der Waals surface area (Å²) >= 11 is 11.7. The molecule has 0 bridgehead atoms. The number of phenolic OH excluding ortho intramolecular Hbond substituents is 1. The largest absolute Gasteiger partial charge is 0.508 e. The lowest BCUT2D eigenvalue weighted by Gasteiger charge is -2.09. The van der Waals surface area contributed by atoms with E-state index in [1.54, 1.807) is 6.07 Å². The highest BCUT2D eigenvalue weighted by atomic mass is 35.5. The molecule has 0 fully saturated rings. The van der Waals surface area contributed by atoms with Crippen LogP contribution < -0.4 is 0 Å². The maximum atomic E-state index is 9.22. The molecule has 12 heavy (non-hydrogen) atoms. The Hall–Kier alpha value is -0.400. The predicted octanol–water partition coefficient (Wildman–Crippen LogP) is 3.82. The Morgan fingerprint density at radius 2 is 1.83 bits per heavy atom. The molecule has 0 aliphatic heterocycles. The van der Waals surface area contributed by atoms with Gasteiger partial charge in [-0.05, 0) is 17.5 Å². The molecule has 0 saturated heterocycles. The second-order valence-electron chi connectivity index (χ2n) is 2.99. The molecule has 0 radical (unpaired) electrons. The van der Waals surface area contributed by atoms with Gasteiger partial charge in [0.25, 0.3) is 0 Å². The third-order valence-corrected chi connectivity index (χ3v) is 2.48. The van der Waals surface area contributed by atoms with Crippen LogP contribution >= 0.6 is 23.2 Å². The standard InChI is InChI=1S/C9H10Cl2O/c1-5(2)7-3-6(12)4-8(10)9(7)11/h3-5,12H,1-2H3. The molecule has 0 amide bonds. The van der Waals surface area contributed by atoms with Crippen LogP contribution in [0, 0.1) is 0 Å². The van der Waals surface area contributed by atoms with Gasteiger partial charge in [-0.25, -0.2) is 0 Å². The van der Waals surface area contributed by atoms with E-state index in [0.717, 1.165) is 5.56 Å².